The van der Waals surface area contributed by atoms with Gasteiger partial charge < -0.3 is 29.7 Å². The fourth-order valence-electron chi connectivity index (χ4n) is 3.92. The maximum absolute atomic E-state index is 12.1. The van der Waals surface area contributed by atoms with E-state index in [4.69, 9.17) is 14.2 Å². The zero-order valence-corrected chi connectivity index (χ0v) is 18.8. The van der Waals surface area contributed by atoms with Crippen molar-refractivity contribution in [3.63, 3.8) is 0 Å². The highest BCUT2D eigenvalue weighted by Gasteiger charge is 2.18. The van der Waals surface area contributed by atoms with Crippen LogP contribution in [0, 0.1) is 0 Å². The lowest BCUT2D eigenvalue weighted by Gasteiger charge is -2.36. The number of rotatable bonds is 8. The van der Waals surface area contributed by atoms with Crippen LogP contribution in [0.5, 0.6) is 17.2 Å². The van der Waals surface area contributed by atoms with Crippen LogP contribution in [0.1, 0.15) is 12.0 Å². The number of piperazine rings is 1. The van der Waals surface area contributed by atoms with Crippen molar-refractivity contribution < 1.29 is 23.8 Å². The number of amides is 2. The maximum atomic E-state index is 12.1. The van der Waals surface area contributed by atoms with Gasteiger partial charge in [0.2, 0.25) is 6.79 Å². The normalized spacial score (nSPS) is 15.2. The standard InChI is InChI=1S/C24H30N4O5/c1-31-20-6-4-19(5-7-20)28-13-11-27(12-14-28)10-2-9-25-23(29)24(30)26-16-18-3-8-21-22(15-18)33-17-32-21/h3-8,15H,2,9-14,16-17H2,1H3,(H,25,29)(H,26,30). The molecule has 2 aromatic rings. The summed E-state index contributed by atoms with van der Waals surface area (Å²) in [5, 5.41) is 5.34. The Morgan fingerprint density at radius 2 is 1.67 bits per heavy atom. The quantitative estimate of drug-likeness (QED) is 0.460. The Hall–Kier alpha value is -3.46. The van der Waals surface area contributed by atoms with Gasteiger partial charge in [0.15, 0.2) is 11.5 Å². The largest absolute Gasteiger partial charge is 0.497 e. The number of benzene rings is 2. The van der Waals surface area contributed by atoms with Crippen LogP contribution in [0.25, 0.3) is 0 Å². The molecule has 0 radical (unpaired) electrons. The summed E-state index contributed by atoms with van der Waals surface area (Å²) in [6.45, 7) is 5.66. The Bertz CT molecular complexity index is 958. The number of hydrogen-bond donors (Lipinski definition) is 2. The molecule has 2 aliphatic rings. The Kier molecular flexibility index (Phi) is 7.51. The number of ether oxygens (including phenoxy) is 3. The number of carbonyl (C=O) groups excluding carboxylic acids is 2. The van der Waals surface area contributed by atoms with Crippen molar-refractivity contribution in [1.29, 1.82) is 0 Å². The van der Waals surface area contributed by atoms with Gasteiger partial charge in [-0.2, -0.15) is 0 Å². The second-order valence-electron chi connectivity index (χ2n) is 8.01. The molecule has 0 saturated carbocycles. The fraction of sp³-hybridized carbons (Fsp3) is 0.417. The molecule has 176 valence electrons. The van der Waals surface area contributed by atoms with E-state index in [9.17, 15) is 9.59 Å². The number of nitrogens with zero attached hydrogens (tertiary/aromatic N) is 2. The van der Waals surface area contributed by atoms with Crippen LogP contribution in [0.2, 0.25) is 0 Å². The minimum absolute atomic E-state index is 0.200. The van der Waals surface area contributed by atoms with Crippen LogP contribution >= 0.6 is 0 Å². The zero-order valence-electron chi connectivity index (χ0n) is 18.8. The van der Waals surface area contributed by atoms with Crippen molar-refractivity contribution in [1.82, 2.24) is 15.5 Å². The van der Waals surface area contributed by atoms with E-state index < -0.39 is 11.8 Å². The summed E-state index contributed by atoms with van der Waals surface area (Å²) in [6, 6.07) is 13.6. The molecule has 33 heavy (non-hydrogen) atoms. The van der Waals surface area contributed by atoms with Gasteiger partial charge in [-0.3, -0.25) is 14.5 Å². The highest BCUT2D eigenvalue weighted by atomic mass is 16.7. The van der Waals surface area contributed by atoms with Crippen molar-refractivity contribution in [2.75, 3.05) is 58.1 Å². The van der Waals surface area contributed by atoms with E-state index in [0.29, 0.717) is 18.0 Å². The average molecular weight is 455 g/mol. The van der Waals surface area contributed by atoms with Crippen molar-refractivity contribution in [3.8, 4) is 17.2 Å². The van der Waals surface area contributed by atoms with Crippen molar-refractivity contribution >= 4 is 17.5 Å². The first-order chi connectivity index (χ1) is 16.1. The summed E-state index contributed by atoms with van der Waals surface area (Å²) < 4.78 is 15.8. The minimum Gasteiger partial charge on any atom is -0.497 e. The molecular formula is C24H30N4O5. The maximum Gasteiger partial charge on any atom is 0.309 e. The Morgan fingerprint density at radius 1 is 0.939 bits per heavy atom. The molecule has 0 atom stereocenters. The Labute approximate surface area is 193 Å². The first-order valence-electron chi connectivity index (χ1n) is 11.2. The summed E-state index contributed by atoms with van der Waals surface area (Å²) in [5.41, 5.74) is 2.05. The molecule has 4 rings (SSSR count). The average Bonchev–Trinajstić information content (AvgIpc) is 3.33. The molecule has 9 heteroatoms. The van der Waals surface area contributed by atoms with Gasteiger partial charge >= 0.3 is 11.8 Å². The van der Waals surface area contributed by atoms with Crippen LogP contribution in [0.15, 0.2) is 42.5 Å². The highest BCUT2D eigenvalue weighted by Crippen LogP contribution is 2.32. The molecule has 2 aromatic carbocycles. The summed E-state index contributed by atoms with van der Waals surface area (Å²) in [5.74, 6) is 0.947. The van der Waals surface area contributed by atoms with E-state index in [2.05, 4.69) is 32.6 Å². The third kappa shape index (κ3) is 6.07. The van der Waals surface area contributed by atoms with E-state index in [1.165, 1.54) is 5.69 Å². The number of hydrogen-bond acceptors (Lipinski definition) is 7. The monoisotopic (exact) mass is 454 g/mol. The molecule has 0 spiro atoms. The van der Waals surface area contributed by atoms with Gasteiger partial charge in [-0.1, -0.05) is 6.07 Å². The third-order valence-corrected chi connectivity index (χ3v) is 5.84. The van der Waals surface area contributed by atoms with E-state index in [-0.39, 0.29) is 13.3 Å². The molecule has 0 unspecified atom stereocenters. The van der Waals surface area contributed by atoms with E-state index in [1.807, 2.05) is 18.2 Å². The molecule has 2 N–H and O–H groups in total. The van der Waals surface area contributed by atoms with Gasteiger partial charge in [0.05, 0.1) is 7.11 Å². The topological polar surface area (TPSA) is 92.4 Å². The molecule has 2 heterocycles. The molecule has 2 amide bonds. The van der Waals surface area contributed by atoms with Gasteiger partial charge in [0.25, 0.3) is 0 Å². The first-order valence-corrected chi connectivity index (χ1v) is 11.2. The summed E-state index contributed by atoms with van der Waals surface area (Å²) in [6.07, 6.45) is 0.795. The lowest BCUT2D eigenvalue weighted by molar-refractivity contribution is -0.139. The molecule has 1 fully saturated rings. The Morgan fingerprint density at radius 3 is 2.42 bits per heavy atom. The molecule has 1 saturated heterocycles. The van der Waals surface area contributed by atoms with E-state index in [1.54, 1.807) is 19.2 Å². The predicted octanol–water partition coefficient (Wildman–Crippen LogP) is 1.37. The summed E-state index contributed by atoms with van der Waals surface area (Å²) in [4.78, 5) is 28.8. The fourth-order valence-corrected chi connectivity index (χ4v) is 3.92. The molecule has 2 aliphatic heterocycles. The van der Waals surface area contributed by atoms with Crippen LogP contribution in [-0.2, 0) is 16.1 Å². The second-order valence-corrected chi connectivity index (χ2v) is 8.01. The zero-order chi connectivity index (χ0) is 23.0. The smallest absolute Gasteiger partial charge is 0.309 e. The number of nitrogens with one attached hydrogen (secondary N) is 2. The van der Waals surface area contributed by atoms with Crippen LogP contribution in [0.3, 0.4) is 0 Å². The number of methoxy groups -OCH3 is 1. The molecular weight excluding hydrogens is 424 g/mol. The van der Waals surface area contributed by atoms with Gasteiger partial charge in [-0.25, -0.2) is 0 Å². The summed E-state index contributed by atoms with van der Waals surface area (Å²) >= 11 is 0. The SMILES string of the molecule is COc1ccc(N2CCN(CCCNC(=O)C(=O)NCc3ccc4c(c3)OCO4)CC2)cc1. The number of carbonyl (C=O) groups is 2. The lowest BCUT2D eigenvalue weighted by Crippen LogP contribution is -2.47. The van der Waals surface area contributed by atoms with Crippen molar-refractivity contribution in [2.24, 2.45) is 0 Å². The molecule has 9 nitrogen and oxygen atoms in total. The molecule has 0 bridgehead atoms. The van der Waals surface area contributed by atoms with Crippen molar-refractivity contribution in [2.45, 2.75) is 13.0 Å². The minimum atomic E-state index is -0.638. The van der Waals surface area contributed by atoms with Crippen LogP contribution < -0.4 is 29.7 Å². The van der Waals surface area contributed by atoms with E-state index in [0.717, 1.165) is 50.5 Å². The molecule has 0 aromatic heterocycles. The first kappa shape index (κ1) is 22.7. The van der Waals surface area contributed by atoms with Crippen LogP contribution in [0.4, 0.5) is 5.69 Å². The highest BCUT2D eigenvalue weighted by molar-refractivity contribution is 6.35. The van der Waals surface area contributed by atoms with E-state index >= 15 is 0 Å². The summed E-state index contributed by atoms with van der Waals surface area (Å²) in [7, 11) is 1.67. The number of anilines is 1. The van der Waals surface area contributed by atoms with Gasteiger partial charge in [0.1, 0.15) is 5.75 Å². The predicted molar refractivity (Wildman–Crippen MR) is 124 cm³/mol. The van der Waals surface area contributed by atoms with Gasteiger partial charge in [0, 0.05) is 45.0 Å². The Balaban J connectivity index is 1.09. The van der Waals surface area contributed by atoms with Crippen molar-refractivity contribution in [3.05, 3.63) is 48.0 Å². The van der Waals surface area contributed by atoms with Crippen LogP contribution in [-0.4, -0.2) is 69.9 Å². The second kappa shape index (κ2) is 10.9. The lowest BCUT2D eigenvalue weighted by atomic mass is 10.2. The third-order valence-electron chi connectivity index (χ3n) is 5.84. The number of fused-ring (bicyclic) bond motifs is 1. The van der Waals surface area contributed by atoms with Gasteiger partial charge in [-0.15, -0.1) is 0 Å². The molecule has 0 aliphatic carbocycles. The van der Waals surface area contributed by atoms with Gasteiger partial charge in [-0.05, 0) is 54.9 Å².